The van der Waals surface area contributed by atoms with Crippen LogP contribution in [0.4, 0.5) is 10.1 Å². The summed E-state index contributed by atoms with van der Waals surface area (Å²) in [6, 6.07) is 9.78. The number of rotatable bonds is 2. The molecule has 3 rings (SSSR count). The van der Waals surface area contributed by atoms with E-state index in [1.54, 1.807) is 37.3 Å². The molecule has 0 radical (unpaired) electrons. The number of halogens is 2. The summed E-state index contributed by atoms with van der Waals surface area (Å²) in [4.78, 5) is 12.2. The van der Waals surface area contributed by atoms with Gasteiger partial charge >= 0.3 is 5.63 Å². The van der Waals surface area contributed by atoms with Gasteiger partial charge in [0.15, 0.2) is 0 Å². The lowest BCUT2D eigenvalue weighted by atomic mass is 9.99. The molecule has 2 N–H and O–H groups in total. The van der Waals surface area contributed by atoms with Crippen molar-refractivity contribution in [2.24, 2.45) is 0 Å². The van der Waals surface area contributed by atoms with Crippen LogP contribution in [-0.2, 0) is 6.42 Å². The molecule has 3 nitrogen and oxygen atoms in total. The molecular weight excluding hydrogens is 305 g/mol. The largest absolute Gasteiger partial charge is 0.423 e. The average molecular weight is 318 g/mol. The fourth-order valence-electron chi connectivity index (χ4n) is 2.49. The van der Waals surface area contributed by atoms with Crippen molar-refractivity contribution in [1.82, 2.24) is 0 Å². The van der Waals surface area contributed by atoms with E-state index < -0.39 is 11.4 Å². The van der Waals surface area contributed by atoms with Gasteiger partial charge in [0.25, 0.3) is 0 Å². The first-order chi connectivity index (χ1) is 10.5. The second kappa shape index (κ2) is 5.46. The Bertz CT molecular complexity index is 934. The molecule has 0 saturated carbocycles. The molecule has 0 aliphatic carbocycles. The minimum atomic E-state index is -0.507. The third kappa shape index (κ3) is 2.46. The zero-order valence-corrected chi connectivity index (χ0v) is 12.6. The fraction of sp³-hybridized carbons (Fsp3) is 0.118. The topological polar surface area (TPSA) is 56.2 Å². The number of nitrogen functional groups attached to an aromatic ring is 1. The second-order valence-corrected chi connectivity index (χ2v) is 5.57. The van der Waals surface area contributed by atoms with E-state index in [0.717, 1.165) is 10.9 Å². The standard InChI is InChI=1S/C17H13ClFNO2/c1-9-12-8-11(18)5-6-15(12)22-17(21)13(9)7-10-3-2-4-14(20)16(10)19/h2-6,8H,7,20H2,1H3. The van der Waals surface area contributed by atoms with Crippen LogP contribution in [0, 0.1) is 12.7 Å². The normalized spacial score (nSPS) is 11.0. The van der Waals surface area contributed by atoms with E-state index in [1.807, 2.05) is 0 Å². The van der Waals surface area contributed by atoms with E-state index in [1.165, 1.54) is 6.07 Å². The van der Waals surface area contributed by atoms with Gasteiger partial charge in [-0.15, -0.1) is 0 Å². The van der Waals surface area contributed by atoms with Crippen molar-refractivity contribution in [3.05, 3.63) is 74.3 Å². The van der Waals surface area contributed by atoms with Crippen LogP contribution in [0.2, 0.25) is 5.02 Å². The van der Waals surface area contributed by atoms with Crippen molar-refractivity contribution in [2.75, 3.05) is 5.73 Å². The summed E-state index contributed by atoms with van der Waals surface area (Å²) in [5.41, 5.74) is 7.10. The van der Waals surface area contributed by atoms with Crippen LogP contribution >= 0.6 is 11.6 Å². The van der Waals surface area contributed by atoms with Crippen LogP contribution in [0.3, 0.4) is 0 Å². The predicted molar refractivity (Wildman–Crippen MR) is 85.8 cm³/mol. The predicted octanol–water partition coefficient (Wildman–Crippen LogP) is 4.07. The van der Waals surface area contributed by atoms with Crippen LogP contribution in [0.15, 0.2) is 45.6 Å². The summed E-state index contributed by atoms with van der Waals surface area (Å²) in [5.74, 6) is -0.507. The fourth-order valence-corrected chi connectivity index (χ4v) is 2.66. The third-order valence-electron chi connectivity index (χ3n) is 3.72. The summed E-state index contributed by atoms with van der Waals surface area (Å²) in [6.45, 7) is 1.80. The summed E-state index contributed by atoms with van der Waals surface area (Å²) in [5, 5.41) is 1.29. The monoisotopic (exact) mass is 317 g/mol. The van der Waals surface area contributed by atoms with Crippen molar-refractivity contribution in [3.8, 4) is 0 Å². The lowest BCUT2D eigenvalue weighted by Crippen LogP contribution is -2.12. The molecule has 0 spiro atoms. The third-order valence-corrected chi connectivity index (χ3v) is 3.96. The quantitative estimate of drug-likeness (QED) is 0.572. The SMILES string of the molecule is Cc1c(Cc2cccc(N)c2F)c(=O)oc2ccc(Cl)cc12. The highest BCUT2D eigenvalue weighted by Crippen LogP contribution is 2.25. The first-order valence-corrected chi connectivity index (χ1v) is 7.10. The summed E-state index contributed by atoms with van der Waals surface area (Å²) in [7, 11) is 0. The Kier molecular flexibility index (Phi) is 3.62. The van der Waals surface area contributed by atoms with Crippen LogP contribution in [0.5, 0.6) is 0 Å². The van der Waals surface area contributed by atoms with Crippen LogP contribution in [0.25, 0.3) is 11.0 Å². The molecule has 0 unspecified atom stereocenters. The van der Waals surface area contributed by atoms with E-state index >= 15 is 0 Å². The first kappa shape index (κ1) is 14.6. The smallest absolute Gasteiger partial charge is 0.340 e. The molecule has 0 bridgehead atoms. The number of hydrogen-bond donors (Lipinski definition) is 1. The summed E-state index contributed by atoms with van der Waals surface area (Å²) >= 11 is 5.99. The van der Waals surface area contributed by atoms with Gasteiger partial charge in [0.05, 0.1) is 5.69 Å². The minimum Gasteiger partial charge on any atom is -0.423 e. The maximum atomic E-state index is 14.0. The van der Waals surface area contributed by atoms with Gasteiger partial charge in [-0.25, -0.2) is 9.18 Å². The van der Waals surface area contributed by atoms with E-state index in [0.29, 0.717) is 21.7 Å². The van der Waals surface area contributed by atoms with Crippen LogP contribution < -0.4 is 11.4 Å². The lowest BCUT2D eigenvalue weighted by molar-refractivity contribution is 0.549. The first-order valence-electron chi connectivity index (χ1n) is 6.72. The van der Waals surface area contributed by atoms with Gasteiger partial charge in [-0.3, -0.25) is 0 Å². The zero-order valence-electron chi connectivity index (χ0n) is 11.8. The van der Waals surface area contributed by atoms with E-state index in [9.17, 15) is 9.18 Å². The number of fused-ring (bicyclic) bond motifs is 1. The molecule has 0 aliphatic heterocycles. The number of nitrogens with two attached hydrogens (primary N) is 1. The van der Waals surface area contributed by atoms with E-state index in [2.05, 4.69) is 0 Å². The Balaban J connectivity index is 2.18. The summed E-state index contributed by atoms with van der Waals surface area (Å²) in [6.07, 6.45) is 0.119. The highest BCUT2D eigenvalue weighted by molar-refractivity contribution is 6.31. The van der Waals surface area contributed by atoms with E-state index in [-0.39, 0.29) is 12.1 Å². The Labute approximate surface area is 131 Å². The Morgan fingerprint density at radius 3 is 2.82 bits per heavy atom. The van der Waals surface area contributed by atoms with Gasteiger partial charge in [-0.1, -0.05) is 23.7 Å². The van der Waals surface area contributed by atoms with Gasteiger partial charge in [-0.2, -0.15) is 0 Å². The van der Waals surface area contributed by atoms with Gasteiger partial charge < -0.3 is 10.2 Å². The molecule has 0 aliphatic rings. The second-order valence-electron chi connectivity index (χ2n) is 5.13. The van der Waals surface area contributed by atoms with Crippen molar-refractivity contribution >= 4 is 28.3 Å². The highest BCUT2D eigenvalue weighted by atomic mass is 35.5. The summed E-state index contributed by atoms with van der Waals surface area (Å²) < 4.78 is 19.4. The van der Waals surface area contributed by atoms with E-state index in [4.69, 9.17) is 21.8 Å². The van der Waals surface area contributed by atoms with Gasteiger partial charge in [0.1, 0.15) is 11.4 Å². The maximum absolute atomic E-state index is 14.0. The Morgan fingerprint density at radius 1 is 1.27 bits per heavy atom. The molecule has 2 aromatic carbocycles. The molecule has 0 saturated heterocycles. The number of hydrogen-bond acceptors (Lipinski definition) is 3. The van der Waals surface area contributed by atoms with Crippen LogP contribution in [-0.4, -0.2) is 0 Å². The molecule has 3 aromatic rings. The van der Waals surface area contributed by atoms with Gasteiger partial charge in [0, 0.05) is 22.4 Å². The van der Waals surface area contributed by atoms with Gasteiger partial charge in [0.2, 0.25) is 0 Å². The Hall–Kier alpha value is -2.33. The minimum absolute atomic E-state index is 0.0587. The molecule has 112 valence electrons. The van der Waals surface area contributed by atoms with Crippen LogP contribution in [0.1, 0.15) is 16.7 Å². The molecule has 0 fully saturated rings. The number of benzene rings is 2. The highest BCUT2D eigenvalue weighted by Gasteiger charge is 2.15. The van der Waals surface area contributed by atoms with Crippen molar-refractivity contribution in [3.63, 3.8) is 0 Å². The van der Waals surface area contributed by atoms with Gasteiger partial charge in [-0.05, 0) is 42.3 Å². The average Bonchev–Trinajstić information content (AvgIpc) is 2.48. The molecule has 22 heavy (non-hydrogen) atoms. The molecule has 0 amide bonds. The molecule has 5 heteroatoms. The van der Waals surface area contributed by atoms with Crippen molar-refractivity contribution < 1.29 is 8.81 Å². The maximum Gasteiger partial charge on any atom is 0.340 e. The Morgan fingerprint density at radius 2 is 2.05 bits per heavy atom. The number of aryl methyl sites for hydroxylation is 1. The molecule has 1 heterocycles. The zero-order chi connectivity index (χ0) is 15.9. The lowest BCUT2D eigenvalue weighted by Gasteiger charge is -2.09. The molecular formula is C17H13ClFNO2. The molecule has 0 atom stereocenters. The molecule has 1 aromatic heterocycles. The van der Waals surface area contributed by atoms with Crippen molar-refractivity contribution in [2.45, 2.75) is 13.3 Å². The number of anilines is 1. The van der Waals surface area contributed by atoms with Crippen molar-refractivity contribution in [1.29, 1.82) is 0 Å².